The van der Waals surface area contributed by atoms with Gasteiger partial charge in [0.05, 0.1) is 6.61 Å². The minimum Gasteiger partial charge on any atom is -0.378 e. The molecule has 1 aromatic carbocycles. The Balaban J connectivity index is 1.59. The van der Waals surface area contributed by atoms with E-state index in [-0.39, 0.29) is 11.9 Å². The molecule has 24 heavy (non-hydrogen) atoms. The van der Waals surface area contributed by atoms with E-state index in [1.54, 1.807) is 7.11 Å². The molecule has 0 spiro atoms. The highest BCUT2D eigenvalue weighted by Crippen LogP contribution is 2.18. The van der Waals surface area contributed by atoms with Crippen LogP contribution in [0.15, 0.2) is 35.7 Å². The molecule has 1 saturated heterocycles. The Kier molecular flexibility index (Phi) is 5.60. The summed E-state index contributed by atoms with van der Waals surface area (Å²) in [6.07, 6.45) is 0. The molecular formula is C18H23N3O2S. The summed E-state index contributed by atoms with van der Waals surface area (Å²) < 4.78 is 5.07. The number of benzene rings is 1. The maximum Gasteiger partial charge on any atom is 0.273 e. The lowest BCUT2D eigenvalue weighted by atomic mass is 10.1. The van der Waals surface area contributed by atoms with Crippen LogP contribution in [0.4, 0.5) is 0 Å². The van der Waals surface area contributed by atoms with Crippen LogP contribution in [-0.4, -0.2) is 53.5 Å². The Morgan fingerprint density at radius 2 is 2.12 bits per heavy atom. The van der Waals surface area contributed by atoms with Gasteiger partial charge >= 0.3 is 0 Å². The van der Waals surface area contributed by atoms with Crippen molar-refractivity contribution in [3.8, 4) is 0 Å². The number of aromatic nitrogens is 1. The highest BCUT2D eigenvalue weighted by Gasteiger charge is 2.29. The van der Waals surface area contributed by atoms with E-state index in [9.17, 15) is 4.79 Å². The van der Waals surface area contributed by atoms with Crippen LogP contribution in [0.3, 0.4) is 0 Å². The molecule has 0 N–H and O–H groups in total. The zero-order chi connectivity index (χ0) is 16.9. The van der Waals surface area contributed by atoms with E-state index in [1.807, 2.05) is 16.3 Å². The summed E-state index contributed by atoms with van der Waals surface area (Å²) in [6, 6.07) is 10.6. The van der Waals surface area contributed by atoms with Gasteiger partial charge in [0.25, 0.3) is 5.91 Å². The second-order valence-electron chi connectivity index (χ2n) is 6.13. The molecule has 2 heterocycles. The molecule has 1 fully saturated rings. The molecule has 5 nitrogen and oxygen atoms in total. The number of methoxy groups -OCH3 is 1. The molecule has 1 unspecified atom stereocenters. The van der Waals surface area contributed by atoms with Crippen LogP contribution in [0.2, 0.25) is 0 Å². The third-order valence-electron chi connectivity index (χ3n) is 4.26. The van der Waals surface area contributed by atoms with Crippen LogP contribution in [-0.2, 0) is 17.9 Å². The zero-order valence-electron chi connectivity index (χ0n) is 14.1. The van der Waals surface area contributed by atoms with Crippen molar-refractivity contribution in [1.82, 2.24) is 14.8 Å². The molecule has 1 aliphatic heterocycles. The lowest BCUT2D eigenvalue weighted by Crippen LogP contribution is -2.53. The predicted octanol–water partition coefficient (Wildman–Crippen LogP) is 2.64. The number of carbonyl (C=O) groups is 1. The Hall–Kier alpha value is -1.76. The molecule has 0 saturated carbocycles. The van der Waals surface area contributed by atoms with Crippen molar-refractivity contribution >= 4 is 17.2 Å². The van der Waals surface area contributed by atoms with Crippen LogP contribution < -0.4 is 0 Å². The van der Waals surface area contributed by atoms with Gasteiger partial charge in [0.15, 0.2) is 0 Å². The molecule has 0 aliphatic carbocycles. The van der Waals surface area contributed by atoms with E-state index in [4.69, 9.17) is 4.74 Å². The van der Waals surface area contributed by atoms with Crippen molar-refractivity contribution in [2.75, 3.05) is 26.7 Å². The number of piperazine rings is 1. The number of amides is 1. The van der Waals surface area contributed by atoms with Crippen LogP contribution in [0.5, 0.6) is 0 Å². The number of carbonyl (C=O) groups excluding carboxylic acids is 1. The summed E-state index contributed by atoms with van der Waals surface area (Å²) in [5, 5.41) is 2.68. The van der Waals surface area contributed by atoms with Gasteiger partial charge in [-0.15, -0.1) is 11.3 Å². The monoisotopic (exact) mass is 345 g/mol. The van der Waals surface area contributed by atoms with E-state index in [1.165, 1.54) is 16.9 Å². The smallest absolute Gasteiger partial charge is 0.273 e. The van der Waals surface area contributed by atoms with Crippen LogP contribution in [0, 0.1) is 0 Å². The van der Waals surface area contributed by atoms with Gasteiger partial charge in [0.1, 0.15) is 10.7 Å². The van der Waals surface area contributed by atoms with Gasteiger partial charge in [-0.05, 0) is 12.5 Å². The summed E-state index contributed by atoms with van der Waals surface area (Å²) in [6.45, 7) is 6.01. The highest BCUT2D eigenvalue weighted by atomic mass is 32.1. The number of hydrogen-bond donors (Lipinski definition) is 0. The van der Waals surface area contributed by atoms with Crippen LogP contribution in [0.25, 0.3) is 0 Å². The van der Waals surface area contributed by atoms with Crippen LogP contribution >= 0.6 is 11.3 Å². The average molecular weight is 345 g/mol. The minimum atomic E-state index is 0.0282. The largest absolute Gasteiger partial charge is 0.378 e. The third kappa shape index (κ3) is 4.01. The fraction of sp³-hybridized carbons (Fsp3) is 0.444. The number of rotatable bonds is 5. The topological polar surface area (TPSA) is 45.7 Å². The van der Waals surface area contributed by atoms with E-state index < -0.39 is 0 Å². The molecule has 128 valence electrons. The van der Waals surface area contributed by atoms with Gasteiger partial charge in [-0.2, -0.15) is 0 Å². The van der Waals surface area contributed by atoms with Gasteiger partial charge < -0.3 is 9.64 Å². The van der Waals surface area contributed by atoms with Crippen molar-refractivity contribution in [3.05, 3.63) is 52.0 Å². The van der Waals surface area contributed by atoms with Crippen molar-refractivity contribution in [3.63, 3.8) is 0 Å². The maximum atomic E-state index is 12.7. The third-order valence-corrected chi connectivity index (χ3v) is 5.08. The molecular weight excluding hydrogens is 322 g/mol. The van der Waals surface area contributed by atoms with Gasteiger partial charge in [-0.1, -0.05) is 30.3 Å². The Labute approximate surface area is 146 Å². The molecule has 1 atom stereocenters. The first kappa shape index (κ1) is 17.1. The maximum absolute atomic E-state index is 12.7. The SMILES string of the molecule is COCc1nc(C(=O)N2CCN(Cc3ccccc3)CC2C)cs1. The number of ether oxygens (including phenoxy) is 1. The first-order chi connectivity index (χ1) is 11.7. The molecule has 1 aliphatic rings. The van der Waals surface area contributed by atoms with E-state index in [2.05, 4.69) is 41.1 Å². The fourth-order valence-electron chi connectivity index (χ4n) is 3.07. The number of thiazole rings is 1. The van der Waals surface area contributed by atoms with Crippen molar-refractivity contribution in [2.24, 2.45) is 0 Å². The molecule has 1 amide bonds. The predicted molar refractivity (Wildman–Crippen MR) is 95.0 cm³/mol. The van der Waals surface area contributed by atoms with E-state index >= 15 is 0 Å². The second kappa shape index (κ2) is 7.88. The second-order valence-corrected chi connectivity index (χ2v) is 7.07. The minimum absolute atomic E-state index is 0.0282. The summed E-state index contributed by atoms with van der Waals surface area (Å²) >= 11 is 1.48. The summed E-state index contributed by atoms with van der Waals surface area (Å²) in [7, 11) is 1.64. The van der Waals surface area contributed by atoms with Crippen LogP contribution in [0.1, 0.15) is 28.0 Å². The van der Waals surface area contributed by atoms with Gasteiger partial charge in [-0.25, -0.2) is 4.98 Å². The molecule has 1 aromatic heterocycles. The lowest BCUT2D eigenvalue weighted by Gasteiger charge is -2.39. The Morgan fingerprint density at radius 3 is 2.83 bits per heavy atom. The quantitative estimate of drug-likeness (QED) is 0.836. The standard InChI is InChI=1S/C18H23N3O2S/c1-14-10-20(11-15-6-4-3-5-7-15)8-9-21(14)18(22)16-13-24-17(19-16)12-23-2/h3-7,13-14H,8-12H2,1-2H3. The number of hydrogen-bond acceptors (Lipinski definition) is 5. The fourth-order valence-corrected chi connectivity index (χ4v) is 3.80. The number of nitrogens with zero attached hydrogens (tertiary/aromatic N) is 3. The van der Waals surface area contributed by atoms with Gasteiger partial charge in [0.2, 0.25) is 0 Å². The first-order valence-electron chi connectivity index (χ1n) is 8.18. The Morgan fingerprint density at radius 1 is 1.33 bits per heavy atom. The van der Waals surface area contributed by atoms with Crippen molar-refractivity contribution < 1.29 is 9.53 Å². The summed E-state index contributed by atoms with van der Waals surface area (Å²) in [5.41, 5.74) is 1.85. The summed E-state index contributed by atoms with van der Waals surface area (Å²) in [5.74, 6) is 0.0282. The average Bonchev–Trinajstić information content (AvgIpc) is 3.04. The normalized spacial score (nSPS) is 18.8. The van der Waals surface area contributed by atoms with Gasteiger partial charge in [-0.3, -0.25) is 9.69 Å². The van der Waals surface area contributed by atoms with E-state index in [0.29, 0.717) is 12.3 Å². The molecule has 0 radical (unpaired) electrons. The summed E-state index contributed by atoms with van der Waals surface area (Å²) in [4.78, 5) is 21.4. The lowest BCUT2D eigenvalue weighted by molar-refractivity contribution is 0.0470. The molecule has 0 bridgehead atoms. The molecule has 2 aromatic rings. The van der Waals surface area contributed by atoms with Crippen molar-refractivity contribution in [1.29, 1.82) is 0 Å². The van der Waals surface area contributed by atoms with Gasteiger partial charge in [0, 0.05) is 44.7 Å². The zero-order valence-corrected chi connectivity index (χ0v) is 15.0. The Bertz CT molecular complexity index is 674. The molecule has 3 rings (SSSR count). The first-order valence-corrected chi connectivity index (χ1v) is 9.06. The van der Waals surface area contributed by atoms with Crippen molar-refractivity contribution in [2.45, 2.75) is 26.1 Å². The highest BCUT2D eigenvalue weighted by molar-refractivity contribution is 7.09. The van der Waals surface area contributed by atoms with E-state index in [0.717, 1.165) is 31.2 Å². The molecule has 6 heteroatoms.